The largest absolute Gasteiger partial charge is 0.493 e. The molecule has 2 aliphatic rings. The second-order valence-corrected chi connectivity index (χ2v) is 7.53. The van der Waals surface area contributed by atoms with Gasteiger partial charge < -0.3 is 24.6 Å². The number of rotatable bonds is 5. The van der Waals surface area contributed by atoms with Crippen LogP contribution in [0.15, 0.2) is 42.5 Å². The number of piperazine rings is 1. The van der Waals surface area contributed by atoms with E-state index in [0.29, 0.717) is 24.6 Å². The minimum atomic E-state index is -0.329. The maximum atomic E-state index is 13.1. The SMILES string of the molecule is COc1ccc(C2(NC(=O)N3CCN(c4ccc(F)cc4)CC3)CC2)cc1OC. The molecule has 0 bridgehead atoms. The molecule has 1 N–H and O–H groups in total. The number of hydrogen-bond acceptors (Lipinski definition) is 4. The number of benzene rings is 2. The minimum Gasteiger partial charge on any atom is -0.493 e. The van der Waals surface area contributed by atoms with Crippen molar-refractivity contribution in [3.8, 4) is 11.5 Å². The fourth-order valence-electron chi connectivity index (χ4n) is 3.85. The monoisotopic (exact) mass is 399 g/mol. The van der Waals surface area contributed by atoms with E-state index in [4.69, 9.17) is 9.47 Å². The number of methoxy groups -OCH3 is 2. The third-order valence-corrected chi connectivity index (χ3v) is 5.79. The Morgan fingerprint density at radius 3 is 2.21 bits per heavy atom. The van der Waals surface area contributed by atoms with Gasteiger partial charge in [0.15, 0.2) is 11.5 Å². The summed E-state index contributed by atoms with van der Waals surface area (Å²) in [6, 6.07) is 12.3. The molecule has 1 saturated carbocycles. The van der Waals surface area contributed by atoms with Crippen molar-refractivity contribution in [2.24, 2.45) is 0 Å². The molecule has 1 aliphatic heterocycles. The number of carbonyl (C=O) groups is 1. The van der Waals surface area contributed by atoms with Crippen LogP contribution in [0.2, 0.25) is 0 Å². The lowest BCUT2D eigenvalue weighted by molar-refractivity contribution is 0.189. The average molecular weight is 399 g/mol. The highest BCUT2D eigenvalue weighted by atomic mass is 19.1. The van der Waals surface area contributed by atoms with E-state index in [1.54, 1.807) is 26.4 Å². The van der Waals surface area contributed by atoms with E-state index in [1.807, 2.05) is 23.1 Å². The summed E-state index contributed by atoms with van der Waals surface area (Å²) in [5.41, 5.74) is 1.69. The molecule has 154 valence electrons. The van der Waals surface area contributed by atoms with Crippen molar-refractivity contribution >= 4 is 11.7 Å². The molecule has 0 radical (unpaired) electrons. The van der Waals surface area contributed by atoms with Gasteiger partial charge in [0.05, 0.1) is 19.8 Å². The first-order chi connectivity index (χ1) is 14.0. The molecule has 1 heterocycles. The lowest BCUT2D eigenvalue weighted by Gasteiger charge is -2.37. The first-order valence-corrected chi connectivity index (χ1v) is 9.85. The number of nitrogens with zero attached hydrogens (tertiary/aromatic N) is 2. The topological polar surface area (TPSA) is 54.0 Å². The number of nitrogens with one attached hydrogen (secondary N) is 1. The summed E-state index contributed by atoms with van der Waals surface area (Å²) < 4.78 is 23.8. The molecular weight excluding hydrogens is 373 g/mol. The van der Waals surface area contributed by atoms with E-state index < -0.39 is 0 Å². The quantitative estimate of drug-likeness (QED) is 0.838. The number of urea groups is 1. The summed E-state index contributed by atoms with van der Waals surface area (Å²) in [7, 11) is 3.22. The Balaban J connectivity index is 1.38. The van der Waals surface area contributed by atoms with Crippen LogP contribution in [0.3, 0.4) is 0 Å². The van der Waals surface area contributed by atoms with Crippen LogP contribution in [0.4, 0.5) is 14.9 Å². The lowest BCUT2D eigenvalue weighted by Crippen LogP contribution is -2.53. The Labute approximate surface area is 170 Å². The van der Waals surface area contributed by atoms with Crippen LogP contribution < -0.4 is 19.7 Å². The molecule has 0 atom stereocenters. The van der Waals surface area contributed by atoms with Gasteiger partial charge in [0.25, 0.3) is 0 Å². The third-order valence-electron chi connectivity index (χ3n) is 5.79. The molecule has 29 heavy (non-hydrogen) atoms. The molecular formula is C22H26FN3O3. The Hall–Kier alpha value is -2.96. The van der Waals surface area contributed by atoms with Crippen LogP contribution in [0.5, 0.6) is 11.5 Å². The standard InChI is InChI=1S/C22H26FN3O3/c1-28-19-8-3-16(15-20(19)29-2)22(9-10-22)24-21(27)26-13-11-25(12-14-26)18-6-4-17(23)5-7-18/h3-8,15H,9-14H2,1-2H3,(H,24,27). The highest BCUT2D eigenvalue weighted by Crippen LogP contribution is 2.47. The number of carbonyl (C=O) groups excluding carboxylic acids is 1. The summed E-state index contributed by atoms with van der Waals surface area (Å²) >= 11 is 0. The van der Waals surface area contributed by atoms with E-state index in [2.05, 4.69) is 10.2 Å². The normalized spacial score (nSPS) is 17.6. The molecule has 6 nitrogen and oxygen atoms in total. The average Bonchev–Trinajstić information content (AvgIpc) is 3.54. The van der Waals surface area contributed by atoms with Gasteiger partial charge in [-0.15, -0.1) is 0 Å². The number of hydrogen-bond donors (Lipinski definition) is 1. The van der Waals surface area contributed by atoms with Gasteiger partial charge in [0.2, 0.25) is 0 Å². The van der Waals surface area contributed by atoms with Gasteiger partial charge in [-0.05, 0) is 54.8 Å². The van der Waals surface area contributed by atoms with Crippen molar-refractivity contribution in [2.45, 2.75) is 18.4 Å². The van der Waals surface area contributed by atoms with E-state index >= 15 is 0 Å². The molecule has 4 rings (SSSR count). The second-order valence-electron chi connectivity index (χ2n) is 7.53. The highest BCUT2D eigenvalue weighted by molar-refractivity contribution is 5.76. The van der Waals surface area contributed by atoms with Crippen molar-refractivity contribution in [2.75, 3.05) is 45.3 Å². The molecule has 2 amide bonds. The summed E-state index contributed by atoms with van der Waals surface area (Å²) in [6.07, 6.45) is 1.81. The Kier molecular flexibility index (Phi) is 5.22. The molecule has 2 fully saturated rings. The minimum absolute atomic E-state index is 0.0453. The Morgan fingerprint density at radius 1 is 0.966 bits per heavy atom. The zero-order chi connectivity index (χ0) is 20.4. The van der Waals surface area contributed by atoms with Gasteiger partial charge in [0, 0.05) is 31.9 Å². The number of ether oxygens (including phenoxy) is 2. The maximum absolute atomic E-state index is 13.1. The van der Waals surface area contributed by atoms with Gasteiger partial charge in [-0.3, -0.25) is 0 Å². The summed E-state index contributed by atoms with van der Waals surface area (Å²) in [4.78, 5) is 16.9. The van der Waals surface area contributed by atoms with Crippen LogP contribution in [0.1, 0.15) is 18.4 Å². The van der Waals surface area contributed by atoms with Gasteiger partial charge >= 0.3 is 6.03 Å². The second kappa shape index (κ2) is 7.81. The van der Waals surface area contributed by atoms with Crippen molar-refractivity contribution in [3.63, 3.8) is 0 Å². The maximum Gasteiger partial charge on any atom is 0.318 e. The van der Waals surface area contributed by atoms with E-state index in [0.717, 1.165) is 37.2 Å². The molecule has 7 heteroatoms. The lowest BCUT2D eigenvalue weighted by atomic mass is 10.0. The summed E-state index contributed by atoms with van der Waals surface area (Å²) in [5.74, 6) is 1.10. The highest BCUT2D eigenvalue weighted by Gasteiger charge is 2.47. The Morgan fingerprint density at radius 2 is 1.62 bits per heavy atom. The van der Waals surface area contributed by atoms with Gasteiger partial charge in [-0.2, -0.15) is 0 Å². The predicted octanol–water partition coefficient (Wildman–Crippen LogP) is 3.36. The van der Waals surface area contributed by atoms with Crippen molar-refractivity contribution in [1.29, 1.82) is 0 Å². The fraction of sp³-hybridized carbons (Fsp3) is 0.409. The first-order valence-electron chi connectivity index (χ1n) is 9.85. The third kappa shape index (κ3) is 3.95. The van der Waals surface area contributed by atoms with Crippen LogP contribution in [0.25, 0.3) is 0 Å². The Bertz CT molecular complexity index is 875. The zero-order valence-electron chi connectivity index (χ0n) is 16.8. The van der Waals surface area contributed by atoms with Crippen molar-refractivity contribution in [3.05, 3.63) is 53.8 Å². The van der Waals surface area contributed by atoms with Crippen molar-refractivity contribution < 1.29 is 18.7 Å². The molecule has 2 aromatic carbocycles. The number of anilines is 1. The first kappa shape index (κ1) is 19.4. The molecule has 1 saturated heterocycles. The van der Waals surface area contributed by atoms with Gasteiger partial charge in [-0.1, -0.05) is 6.07 Å². The van der Waals surface area contributed by atoms with E-state index in [1.165, 1.54) is 12.1 Å². The number of amides is 2. The van der Waals surface area contributed by atoms with Gasteiger partial charge in [-0.25, -0.2) is 9.18 Å². The fourth-order valence-corrected chi connectivity index (χ4v) is 3.85. The molecule has 1 aliphatic carbocycles. The van der Waals surface area contributed by atoms with Crippen LogP contribution >= 0.6 is 0 Å². The smallest absolute Gasteiger partial charge is 0.318 e. The zero-order valence-corrected chi connectivity index (χ0v) is 16.8. The molecule has 0 unspecified atom stereocenters. The van der Waals surface area contributed by atoms with E-state index in [9.17, 15) is 9.18 Å². The number of halogens is 1. The van der Waals surface area contributed by atoms with Crippen LogP contribution in [-0.2, 0) is 5.54 Å². The van der Waals surface area contributed by atoms with E-state index in [-0.39, 0.29) is 17.4 Å². The summed E-state index contributed by atoms with van der Waals surface area (Å²) in [5, 5.41) is 3.23. The van der Waals surface area contributed by atoms with Crippen molar-refractivity contribution in [1.82, 2.24) is 10.2 Å². The van der Waals surface area contributed by atoms with Crippen LogP contribution in [-0.4, -0.2) is 51.3 Å². The molecule has 0 aromatic heterocycles. The molecule has 2 aromatic rings. The van der Waals surface area contributed by atoms with Crippen LogP contribution in [0, 0.1) is 5.82 Å². The molecule has 0 spiro atoms. The predicted molar refractivity (Wildman–Crippen MR) is 109 cm³/mol. The van der Waals surface area contributed by atoms with Gasteiger partial charge in [0.1, 0.15) is 5.82 Å². The summed E-state index contributed by atoms with van der Waals surface area (Å²) in [6.45, 7) is 2.71.